The highest BCUT2D eigenvalue weighted by molar-refractivity contribution is 5.21. The number of nitrogens with zero attached hydrogens (tertiary/aromatic N) is 3. The van der Waals surface area contributed by atoms with Gasteiger partial charge in [0.2, 0.25) is 0 Å². The van der Waals surface area contributed by atoms with Gasteiger partial charge in [-0.15, -0.1) is 0 Å². The molecule has 0 radical (unpaired) electrons. The lowest BCUT2D eigenvalue weighted by Gasteiger charge is -2.15. The zero-order valence-corrected chi connectivity index (χ0v) is 10.8. The molecule has 0 saturated carbocycles. The van der Waals surface area contributed by atoms with Gasteiger partial charge < -0.3 is 5.73 Å². The molecule has 18 heavy (non-hydrogen) atoms. The van der Waals surface area contributed by atoms with Crippen LogP contribution in [0.15, 0.2) is 36.7 Å². The van der Waals surface area contributed by atoms with Crippen LogP contribution in [-0.2, 0) is 13.0 Å². The molecule has 1 heterocycles. The van der Waals surface area contributed by atoms with E-state index in [-0.39, 0.29) is 0 Å². The van der Waals surface area contributed by atoms with E-state index in [0.717, 1.165) is 25.2 Å². The minimum Gasteiger partial charge on any atom is -0.330 e. The van der Waals surface area contributed by atoms with Crippen molar-refractivity contribution < 1.29 is 0 Å². The lowest BCUT2D eigenvalue weighted by Crippen LogP contribution is -2.18. The van der Waals surface area contributed by atoms with Crippen molar-refractivity contribution in [3.05, 3.63) is 48.0 Å². The van der Waals surface area contributed by atoms with Crippen molar-refractivity contribution in [2.24, 2.45) is 5.73 Å². The second-order valence-electron chi connectivity index (χ2n) is 4.45. The lowest BCUT2D eigenvalue weighted by atomic mass is 9.95. The third-order valence-electron chi connectivity index (χ3n) is 3.12. The number of aryl methyl sites for hydroxylation is 1. The molecule has 2 N–H and O–H groups in total. The molecule has 2 rings (SSSR count). The Kier molecular flexibility index (Phi) is 4.47. The molecule has 0 aliphatic rings. The monoisotopic (exact) mass is 244 g/mol. The zero-order valence-electron chi connectivity index (χ0n) is 10.8. The molecule has 1 aromatic heterocycles. The van der Waals surface area contributed by atoms with E-state index in [1.165, 1.54) is 5.56 Å². The summed E-state index contributed by atoms with van der Waals surface area (Å²) < 4.78 is 1.98. The first-order valence-corrected chi connectivity index (χ1v) is 6.46. The number of rotatable bonds is 6. The summed E-state index contributed by atoms with van der Waals surface area (Å²) in [6.45, 7) is 3.69. The van der Waals surface area contributed by atoms with E-state index in [1.54, 1.807) is 6.33 Å². The molecule has 96 valence electrons. The fourth-order valence-corrected chi connectivity index (χ4v) is 2.13. The van der Waals surface area contributed by atoms with Crippen LogP contribution < -0.4 is 5.73 Å². The summed E-state index contributed by atoms with van der Waals surface area (Å²) in [5.41, 5.74) is 7.16. The van der Waals surface area contributed by atoms with Crippen LogP contribution in [0.1, 0.15) is 30.7 Å². The molecule has 4 nitrogen and oxygen atoms in total. The lowest BCUT2D eigenvalue weighted by molar-refractivity contribution is 0.545. The molecule has 1 unspecified atom stereocenters. The molecule has 0 bridgehead atoms. The maximum Gasteiger partial charge on any atom is 0.138 e. The number of benzene rings is 1. The second-order valence-corrected chi connectivity index (χ2v) is 4.45. The fraction of sp³-hybridized carbons (Fsp3) is 0.429. The van der Waals surface area contributed by atoms with E-state index in [9.17, 15) is 0 Å². The Balaban J connectivity index is 2.13. The van der Waals surface area contributed by atoms with Crippen molar-refractivity contribution >= 4 is 0 Å². The smallest absolute Gasteiger partial charge is 0.138 e. The van der Waals surface area contributed by atoms with E-state index >= 15 is 0 Å². The first-order valence-electron chi connectivity index (χ1n) is 6.46. The normalized spacial score (nSPS) is 12.6. The van der Waals surface area contributed by atoms with Gasteiger partial charge in [-0.05, 0) is 18.5 Å². The van der Waals surface area contributed by atoms with Crippen molar-refractivity contribution in [3.8, 4) is 0 Å². The molecule has 0 aliphatic heterocycles. The minimum absolute atomic E-state index is 0.311. The SMILES string of the molecule is CCCn1ncnc1CC(CN)c1ccccc1. The zero-order chi connectivity index (χ0) is 12.8. The molecule has 0 fully saturated rings. The maximum atomic E-state index is 5.89. The van der Waals surface area contributed by atoms with E-state index in [2.05, 4.69) is 41.3 Å². The van der Waals surface area contributed by atoms with Gasteiger partial charge in [-0.3, -0.25) is 4.68 Å². The van der Waals surface area contributed by atoms with E-state index in [0.29, 0.717) is 12.5 Å². The molecule has 0 saturated heterocycles. The van der Waals surface area contributed by atoms with Gasteiger partial charge in [0.15, 0.2) is 0 Å². The van der Waals surface area contributed by atoms with E-state index < -0.39 is 0 Å². The summed E-state index contributed by atoms with van der Waals surface area (Å²) in [7, 11) is 0. The number of aromatic nitrogens is 3. The molecular formula is C14H20N4. The topological polar surface area (TPSA) is 56.7 Å². The number of hydrogen-bond donors (Lipinski definition) is 1. The van der Waals surface area contributed by atoms with Crippen LogP contribution in [-0.4, -0.2) is 21.3 Å². The van der Waals surface area contributed by atoms with Gasteiger partial charge in [0.1, 0.15) is 12.2 Å². The van der Waals surface area contributed by atoms with Crippen molar-refractivity contribution in [1.82, 2.24) is 14.8 Å². The van der Waals surface area contributed by atoms with Gasteiger partial charge in [0.05, 0.1) is 0 Å². The van der Waals surface area contributed by atoms with Gasteiger partial charge >= 0.3 is 0 Å². The molecular weight excluding hydrogens is 224 g/mol. The Morgan fingerprint density at radius 1 is 1.28 bits per heavy atom. The Hall–Kier alpha value is -1.68. The summed E-state index contributed by atoms with van der Waals surface area (Å²) in [6, 6.07) is 10.4. The maximum absolute atomic E-state index is 5.89. The van der Waals surface area contributed by atoms with E-state index in [4.69, 9.17) is 5.73 Å². The summed E-state index contributed by atoms with van der Waals surface area (Å²) in [5, 5.41) is 4.25. The average Bonchev–Trinajstić information content (AvgIpc) is 2.85. The molecule has 1 aromatic carbocycles. The van der Waals surface area contributed by atoms with Crippen LogP contribution in [0.5, 0.6) is 0 Å². The van der Waals surface area contributed by atoms with Gasteiger partial charge in [-0.1, -0.05) is 37.3 Å². The number of hydrogen-bond acceptors (Lipinski definition) is 3. The van der Waals surface area contributed by atoms with Crippen LogP contribution in [0, 0.1) is 0 Å². The predicted molar refractivity (Wildman–Crippen MR) is 72.3 cm³/mol. The van der Waals surface area contributed by atoms with Gasteiger partial charge in [-0.2, -0.15) is 5.10 Å². The van der Waals surface area contributed by atoms with Crippen LogP contribution in [0.25, 0.3) is 0 Å². The second kappa shape index (κ2) is 6.31. The fourth-order valence-electron chi connectivity index (χ4n) is 2.13. The largest absolute Gasteiger partial charge is 0.330 e. The predicted octanol–water partition coefficient (Wildman–Crippen LogP) is 1.97. The van der Waals surface area contributed by atoms with Gasteiger partial charge in [0, 0.05) is 18.9 Å². The quantitative estimate of drug-likeness (QED) is 0.845. The van der Waals surface area contributed by atoms with E-state index in [1.807, 2.05) is 10.7 Å². The molecule has 0 amide bonds. The van der Waals surface area contributed by atoms with Crippen molar-refractivity contribution in [1.29, 1.82) is 0 Å². The van der Waals surface area contributed by atoms with Crippen LogP contribution in [0.2, 0.25) is 0 Å². The standard InChI is InChI=1S/C14H20N4/c1-2-8-18-14(16-11-17-18)9-13(10-15)12-6-4-3-5-7-12/h3-7,11,13H,2,8-10,15H2,1H3. The van der Waals surface area contributed by atoms with Crippen molar-refractivity contribution in [3.63, 3.8) is 0 Å². The third kappa shape index (κ3) is 2.96. The molecule has 0 spiro atoms. The minimum atomic E-state index is 0.311. The summed E-state index contributed by atoms with van der Waals surface area (Å²) in [4.78, 5) is 4.34. The Labute approximate surface area is 108 Å². The summed E-state index contributed by atoms with van der Waals surface area (Å²) >= 11 is 0. The highest BCUT2D eigenvalue weighted by atomic mass is 15.3. The first-order chi connectivity index (χ1) is 8.85. The third-order valence-corrected chi connectivity index (χ3v) is 3.12. The van der Waals surface area contributed by atoms with Crippen LogP contribution >= 0.6 is 0 Å². The average molecular weight is 244 g/mol. The van der Waals surface area contributed by atoms with Crippen LogP contribution in [0.3, 0.4) is 0 Å². The number of nitrogens with two attached hydrogens (primary N) is 1. The summed E-state index contributed by atoms with van der Waals surface area (Å²) in [6.07, 6.45) is 3.54. The molecule has 2 aromatic rings. The van der Waals surface area contributed by atoms with Crippen molar-refractivity contribution in [2.45, 2.75) is 32.2 Å². The Morgan fingerprint density at radius 3 is 2.72 bits per heavy atom. The highest BCUT2D eigenvalue weighted by Crippen LogP contribution is 2.18. The first kappa shape index (κ1) is 12.8. The van der Waals surface area contributed by atoms with Crippen molar-refractivity contribution in [2.75, 3.05) is 6.54 Å². The molecule has 1 atom stereocenters. The van der Waals surface area contributed by atoms with Gasteiger partial charge in [-0.25, -0.2) is 4.98 Å². The Bertz CT molecular complexity index is 464. The van der Waals surface area contributed by atoms with Gasteiger partial charge in [0.25, 0.3) is 0 Å². The molecule has 0 aliphatic carbocycles. The Morgan fingerprint density at radius 2 is 2.06 bits per heavy atom. The van der Waals surface area contributed by atoms with Crippen LogP contribution in [0.4, 0.5) is 0 Å². The summed E-state index contributed by atoms with van der Waals surface area (Å²) in [5.74, 6) is 1.34. The highest BCUT2D eigenvalue weighted by Gasteiger charge is 2.14. The molecule has 4 heteroatoms.